The van der Waals surface area contributed by atoms with Crippen LogP contribution in [0.1, 0.15) is 36.1 Å². The van der Waals surface area contributed by atoms with E-state index in [1.807, 2.05) is 0 Å². The molecule has 0 bridgehead atoms. The monoisotopic (exact) mass is 282 g/mol. The van der Waals surface area contributed by atoms with E-state index in [-0.39, 0.29) is 0 Å². The fraction of sp³-hybridized carbons (Fsp3) is 0.600. The lowest BCUT2D eigenvalue weighted by Gasteiger charge is -2.21. The van der Waals surface area contributed by atoms with Gasteiger partial charge in [-0.3, -0.25) is 0 Å². The van der Waals surface area contributed by atoms with Gasteiger partial charge in [-0.25, -0.2) is 0 Å². The van der Waals surface area contributed by atoms with Crippen LogP contribution in [0.5, 0.6) is 0 Å². The Morgan fingerprint density at radius 2 is 1.56 bits per heavy atom. The molecule has 0 N–H and O–H groups in total. The Morgan fingerprint density at radius 1 is 1.06 bits per heavy atom. The highest BCUT2D eigenvalue weighted by Crippen LogP contribution is 2.24. The fourth-order valence-corrected chi connectivity index (χ4v) is 3.24. The minimum atomic E-state index is 0.736. The van der Waals surface area contributed by atoms with E-state index in [9.17, 15) is 0 Å². The highest BCUT2D eigenvalue weighted by atomic mass is 79.9. The summed E-state index contributed by atoms with van der Waals surface area (Å²) >= 11 is 3.64. The summed E-state index contributed by atoms with van der Waals surface area (Å²) in [6.45, 7) is 11.3. The van der Waals surface area contributed by atoms with Crippen LogP contribution >= 0.6 is 15.9 Å². The first-order valence-electron chi connectivity index (χ1n) is 6.08. The van der Waals surface area contributed by atoms with Crippen molar-refractivity contribution in [1.29, 1.82) is 0 Å². The van der Waals surface area contributed by atoms with Crippen molar-refractivity contribution >= 4 is 15.9 Å². The number of rotatable bonds is 4. The van der Waals surface area contributed by atoms with Crippen LogP contribution in [0.2, 0.25) is 0 Å². The number of alkyl halides is 1. The molecule has 1 aromatic carbocycles. The van der Waals surface area contributed by atoms with E-state index in [4.69, 9.17) is 0 Å². The quantitative estimate of drug-likeness (QED) is 0.695. The van der Waals surface area contributed by atoms with E-state index >= 15 is 0 Å². The lowest BCUT2D eigenvalue weighted by atomic mass is 9.87. The summed E-state index contributed by atoms with van der Waals surface area (Å²) in [5.41, 5.74) is 5.82. The molecule has 1 aromatic rings. The van der Waals surface area contributed by atoms with E-state index in [0.29, 0.717) is 0 Å². The van der Waals surface area contributed by atoms with Gasteiger partial charge in [0.25, 0.3) is 0 Å². The van der Waals surface area contributed by atoms with Gasteiger partial charge in [-0.2, -0.15) is 0 Å². The minimum absolute atomic E-state index is 0.736. The second-order valence-electron chi connectivity index (χ2n) is 5.24. The van der Waals surface area contributed by atoms with E-state index in [0.717, 1.165) is 17.2 Å². The molecule has 0 radical (unpaired) electrons. The zero-order valence-electron chi connectivity index (χ0n) is 11.1. The number of aryl methyl sites for hydroxylation is 3. The van der Waals surface area contributed by atoms with E-state index in [1.165, 1.54) is 23.1 Å². The molecule has 0 nitrogen and oxygen atoms in total. The molecule has 1 atom stereocenters. The van der Waals surface area contributed by atoms with Gasteiger partial charge in [0.2, 0.25) is 0 Å². The van der Waals surface area contributed by atoms with Crippen LogP contribution in [0.15, 0.2) is 12.1 Å². The first-order chi connectivity index (χ1) is 7.45. The van der Waals surface area contributed by atoms with Crippen molar-refractivity contribution in [3.05, 3.63) is 34.4 Å². The minimum Gasteiger partial charge on any atom is -0.0925 e. The molecule has 0 spiro atoms. The molecule has 0 aromatic heterocycles. The predicted octanol–water partition coefficient (Wildman–Crippen LogP) is 4.82. The Hall–Kier alpha value is -0.300. The molecule has 1 unspecified atom stereocenters. The van der Waals surface area contributed by atoms with Crippen LogP contribution in [0, 0.1) is 32.6 Å². The van der Waals surface area contributed by atoms with Gasteiger partial charge < -0.3 is 0 Å². The van der Waals surface area contributed by atoms with Crippen LogP contribution in [0.3, 0.4) is 0 Å². The third-order valence-electron chi connectivity index (χ3n) is 3.45. The lowest BCUT2D eigenvalue weighted by Crippen LogP contribution is -2.15. The SMILES string of the molecule is Cc1cc(C)c(CC(CBr)C(C)C)c(C)c1. The standard InChI is InChI=1S/C15H23Br/c1-10(2)14(9-16)8-15-12(4)6-11(3)7-13(15)5/h6-7,10,14H,8-9H2,1-5H3. The van der Waals surface area contributed by atoms with Crippen LogP contribution in [-0.2, 0) is 6.42 Å². The summed E-state index contributed by atoms with van der Waals surface area (Å²) in [4.78, 5) is 0. The zero-order chi connectivity index (χ0) is 12.3. The second-order valence-corrected chi connectivity index (χ2v) is 5.89. The van der Waals surface area contributed by atoms with Gasteiger partial charge in [-0.1, -0.05) is 47.5 Å². The molecule has 0 saturated carbocycles. The molecule has 16 heavy (non-hydrogen) atoms. The smallest absolute Gasteiger partial charge is 0.00652 e. The molecule has 0 aliphatic rings. The molecule has 1 rings (SSSR count). The van der Waals surface area contributed by atoms with Crippen molar-refractivity contribution in [3.8, 4) is 0 Å². The highest BCUT2D eigenvalue weighted by molar-refractivity contribution is 9.09. The molecule has 0 heterocycles. The summed E-state index contributed by atoms with van der Waals surface area (Å²) in [7, 11) is 0. The summed E-state index contributed by atoms with van der Waals surface area (Å²) in [6.07, 6.45) is 1.20. The molecular weight excluding hydrogens is 260 g/mol. The van der Waals surface area contributed by atoms with Crippen molar-refractivity contribution in [2.75, 3.05) is 5.33 Å². The van der Waals surface area contributed by atoms with Gasteiger partial charge in [0, 0.05) is 5.33 Å². The summed E-state index contributed by atoms with van der Waals surface area (Å²) < 4.78 is 0. The largest absolute Gasteiger partial charge is 0.0925 e. The normalized spacial score (nSPS) is 13.2. The Morgan fingerprint density at radius 3 is 1.94 bits per heavy atom. The van der Waals surface area contributed by atoms with Gasteiger partial charge in [-0.15, -0.1) is 0 Å². The van der Waals surface area contributed by atoms with Crippen molar-refractivity contribution in [2.45, 2.75) is 41.0 Å². The van der Waals surface area contributed by atoms with E-state index < -0.39 is 0 Å². The summed E-state index contributed by atoms with van der Waals surface area (Å²) in [6, 6.07) is 4.60. The lowest BCUT2D eigenvalue weighted by molar-refractivity contribution is 0.426. The summed E-state index contributed by atoms with van der Waals surface area (Å²) in [5, 5.41) is 1.09. The van der Waals surface area contributed by atoms with Crippen LogP contribution < -0.4 is 0 Å². The molecule has 0 aliphatic heterocycles. The highest BCUT2D eigenvalue weighted by Gasteiger charge is 2.15. The Labute approximate surface area is 109 Å². The second kappa shape index (κ2) is 5.86. The molecule has 1 heteroatoms. The van der Waals surface area contributed by atoms with Crippen LogP contribution in [0.4, 0.5) is 0 Å². The van der Waals surface area contributed by atoms with Gasteiger partial charge in [0.15, 0.2) is 0 Å². The Bertz CT molecular complexity index is 329. The average Bonchev–Trinajstić information content (AvgIpc) is 2.15. The number of hydrogen-bond acceptors (Lipinski definition) is 0. The van der Waals surface area contributed by atoms with Crippen LogP contribution in [0.25, 0.3) is 0 Å². The third-order valence-corrected chi connectivity index (χ3v) is 4.28. The van der Waals surface area contributed by atoms with E-state index in [2.05, 4.69) is 62.7 Å². The van der Waals surface area contributed by atoms with Gasteiger partial charge >= 0.3 is 0 Å². The van der Waals surface area contributed by atoms with Gasteiger partial charge in [0.05, 0.1) is 0 Å². The third kappa shape index (κ3) is 3.35. The first-order valence-corrected chi connectivity index (χ1v) is 7.20. The van der Waals surface area contributed by atoms with Crippen molar-refractivity contribution in [3.63, 3.8) is 0 Å². The van der Waals surface area contributed by atoms with Crippen molar-refractivity contribution < 1.29 is 0 Å². The Balaban J connectivity index is 2.96. The molecule has 0 fully saturated rings. The maximum absolute atomic E-state index is 3.64. The van der Waals surface area contributed by atoms with Crippen molar-refractivity contribution in [1.82, 2.24) is 0 Å². The molecule has 0 aliphatic carbocycles. The van der Waals surface area contributed by atoms with Gasteiger partial charge in [0.1, 0.15) is 0 Å². The molecular formula is C15H23Br. The summed E-state index contributed by atoms with van der Waals surface area (Å²) in [5.74, 6) is 1.47. The number of hydrogen-bond donors (Lipinski definition) is 0. The predicted molar refractivity (Wildman–Crippen MR) is 76.5 cm³/mol. The maximum atomic E-state index is 3.64. The number of halogens is 1. The van der Waals surface area contributed by atoms with Crippen LogP contribution in [-0.4, -0.2) is 5.33 Å². The van der Waals surface area contributed by atoms with Gasteiger partial charge in [-0.05, 0) is 55.7 Å². The fourth-order valence-electron chi connectivity index (χ4n) is 2.26. The number of benzene rings is 1. The topological polar surface area (TPSA) is 0 Å². The molecule has 90 valence electrons. The van der Waals surface area contributed by atoms with Crippen molar-refractivity contribution in [2.24, 2.45) is 11.8 Å². The maximum Gasteiger partial charge on any atom is 0.00652 e. The van der Waals surface area contributed by atoms with E-state index in [1.54, 1.807) is 5.56 Å². The molecule has 0 amide bonds. The average molecular weight is 283 g/mol. The first kappa shape index (κ1) is 13.8. The Kier molecular flexibility index (Phi) is 5.04. The zero-order valence-corrected chi connectivity index (χ0v) is 12.7. The molecule has 0 saturated heterocycles.